The Bertz CT molecular complexity index is 739. The van der Waals surface area contributed by atoms with Crippen molar-refractivity contribution in [2.24, 2.45) is 0 Å². The number of β-amino-alcohol motifs (C(OH)–C–C–N with tert-alkyl or cyclic N) is 1. The molecule has 2 fully saturated rings. The van der Waals surface area contributed by atoms with Crippen LogP contribution >= 0.6 is 11.3 Å². The highest BCUT2D eigenvalue weighted by Gasteiger charge is 2.27. The molecule has 2 unspecified atom stereocenters. The van der Waals surface area contributed by atoms with Gasteiger partial charge in [-0.1, -0.05) is 12.8 Å². The van der Waals surface area contributed by atoms with E-state index in [9.17, 15) is 9.90 Å². The van der Waals surface area contributed by atoms with Crippen molar-refractivity contribution in [1.82, 2.24) is 15.6 Å². The summed E-state index contributed by atoms with van der Waals surface area (Å²) >= 11 is 1.60. The Morgan fingerprint density at radius 1 is 1.29 bits per heavy atom. The number of nitrogens with zero attached hydrogens (tertiary/aromatic N) is 1. The average Bonchev–Trinajstić information content (AvgIpc) is 3.23. The summed E-state index contributed by atoms with van der Waals surface area (Å²) in [5.74, 6) is 0.111. The van der Waals surface area contributed by atoms with Gasteiger partial charge in [0.1, 0.15) is 0 Å². The number of aliphatic hydroxyl groups is 1. The first-order valence-corrected chi connectivity index (χ1v) is 9.62. The number of piperidine rings is 1. The van der Waals surface area contributed by atoms with Crippen molar-refractivity contribution in [1.29, 1.82) is 0 Å². The normalized spacial score (nSPS) is 25.2. The lowest BCUT2D eigenvalue weighted by Crippen LogP contribution is -2.39. The molecule has 4 rings (SSSR count). The van der Waals surface area contributed by atoms with Gasteiger partial charge in [-0.15, -0.1) is 11.3 Å². The Morgan fingerprint density at radius 2 is 2.12 bits per heavy atom. The van der Waals surface area contributed by atoms with E-state index in [-0.39, 0.29) is 17.9 Å². The lowest BCUT2D eigenvalue weighted by atomic mass is 9.96. The number of benzene rings is 1. The van der Waals surface area contributed by atoms with E-state index in [1.807, 2.05) is 18.2 Å². The zero-order chi connectivity index (χ0) is 16.5. The summed E-state index contributed by atoms with van der Waals surface area (Å²) < 4.78 is 1.02. The van der Waals surface area contributed by atoms with Gasteiger partial charge in [-0.2, -0.15) is 0 Å². The van der Waals surface area contributed by atoms with Crippen LogP contribution in [0.2, 0.25) is 0 Å². The topological polar surface area (TPSA) is 74.2 Å². The number of hydrogen-bond donors (Lipinski definition) is 3. The lowest BCUT2D eigenvalue weighted by molar-refractivity contribution is 0.0938. The summed E-state index contributed by atoms with van der Waals surface area (Å²) in [4.78, 5) is 17.1. The number of aromatic nitrogens is 1. The van der Waals surface area contributed by atoms with Gasteiger partial charge in [0.15, 0.2) is 0 Å². The third-order valence-corrected chi connectivity index (χ3v) is 6.27. The van der Waals surface area contributed by atoms with Crippen LogP contribution in [0.4, 0.5) is 0 Å². The summed E-state index contributed by atoms with van der Waals surface area (Å²) in [6.07, 6.45) is 5.11. The highest BCUT2D eigenvalue weighted by molar-refractivity contribution is 7.18. The van der Waals surface area contributed by atoms with E-state index in [4.69, 9.17) is 0 Å². The second-order valence-corrected chi connectivity index (χ2v) is 7.92. The Kier molecular flexibility index (Phi) is 4.52. The Labute approximate surface area is 145 Å². The van der Waals surface area contributed by atoms with Crippen LogP contribution in [-0.2, 0) is 0 Å². The number of carbonyl (C=O) groups is 1. The van der Waals surface area contributed by atoms with Crippen LogP contribution in [0.25, 0.3) is 10.2 Å². The zero-order valence-corrected chi connectivity index (χ0v) is 14.4. The molecule has 1 aromatic heterocycles. The smallest absolute Gasteiger partial charge is 0.251 e. The van der Waals surface area contributed by atoms with E-state index in [0.29, 0.717) is 18.2 Å². The van der Waals surface area contributed by atoms with Gasteiger partial charge < -0.3 is 15.7 Å². The van der Waals surface area contributed by atoms with Gasteiger partial charge in [0, 0.05) is 24.1 Å². The molecule has 24 heavy (non-hydrogen) atoms. The maximum Gasteiger partial charge on any atom is 0.251 e. The Hall–Kier alpha value is -1.50. The van der Waals surface area contributed by atoms with Crippen LogP contribution in [0, 0.1) is 0 Å². The summed E-state index contributed by atoms with van der Waals surface area (Å²) in [6, 6.07) is 6.05. The first-order valence-electron chi connectivity index (χ1n) is 8.81. The molecule has 1 aromatic carbocycles. The third kappa shape index (κ3) is 3.18. The number of fused-ring (bicyclic) bond motifs is 1. The molecule has 3 N–H and O–H groups in total. The van der Waals surface area contributed by atoms with Gasteiger partial charge in [-0.25, -0.2) is 4.98 Å². The molecular weight excluding hydrogens is 322 g/mol. The Balaban J connectivity index is 1.55. The van der Waals surface area contributed by atoms with Crippen LogP contribution in [-0.4, -0.2) is 41.2 Å². The molecule has 2 heterocycles. The second-order valence-electron chi connectivity index (χ2n) is 6.86. The fraction of sp³-hybridized carbons (Fsp3) is 0.556. The van der Waals surface area contributed by atoms with Crippen LogP contribution < -0.4 is 10.6 Å². The lowest BCUT2D eigenvalue weighted by Gasteiger charge is -2.26. The van der Waals surface area contributed by atoms with Crippen molar-refractivity contribution in [3.05, 3.63) is 28.8 Å². The molecule has 2 atom stereocenters. The van der Waals surface area contributed by atoms with Gasteiger partial charge >= 0.3 is 0 Å². The van der Waals surface area contributed by atoms with Crippen molar-refractivity contribution >= 4 is 27.5 Å². The van der Waals surface area contributed by atoms with Crippen molar-refractivity contribution in [2.45, 2.75) is 50.2 Å². The zero-order valence-electron chi connectivity index (χ0n) is 13.6. The quantitative estimate of drug-likeness (QED) is 0.799. The number of nitrogens with one attached hydrogen (secondary N) is 2. The largest absolute Gasteiger partial charge is 0.391 e. The number of aliphatic hydroxyl groups excluding tert-OH is 1. The summed E-state index contributed by atoms with van der Waals surface area (Å²) in [6.45, 7) is 1.53. The molecular formula is C18H23N3O2S. The molecule has 1 saturated heterocycles. The molecule has 0 spiro atoms. The van der Waals surface area contributed by atoms with E-state index in [1.54, 1.807) is 11.3 Å². The third-order valence-electron chi connectivity index (χ3n) is 5.12. The minimum absolute atomic E-state index is 0.0145. The van der Waals surface area contributed by atoms with Crippen LogP contribution in [0.1, 0.15) is 53.4 Å². The average molecular weight is 345 g/mol. The molecule has 0 bridgehead atoms. The monoisotopic (exact) mass is 345 g/mol. The van der Waals surface area contributed by atoms with Crippen molar-refractivity contribution in [3.8, 4) is 0 Å². The fourth-order valence-electron chi connectivity index (χ4n) is 3.71. The van der Waals surface area contributed by atoms with Crippen LogP contribution in [0.3, 0.4) is 0 Å². The summed E-state index contributed by atoms with van der Waals surface area (Å²) in [5, 5.41) is 17.5. The number of hydrogen-bond acceptors (Lipinski definition) is 5. The number of rotatable bonds is 3. The number of amides is 1. The SMILES string of the molecule is O=C(NC1CCCC1)c1ccc2nc(C3CCNCC3O)sc2c1. The minimum atomic E-state index is -0.385. The predicted molar refractivity (Wildman–Crippen MR) is 95.6 cm³/mol. The van der Waals surface area contributed by atoms with Crippen molar-refractivity contribution < 1.29 is 9.90 Å². The molecule has 1 aliphatic heterocycles. The highest BCUT2D eigenvalue weighted by Crippen LogP contribution is 2.33. The molecule has 128 valence electrons. The molecule has 1 amide bonds. The molecule has 1 saturated carbocycles. The summed E-state index contributed by atoms with van der Waals surface area (Å²) in [5.41, 5.74) is 1.62. The number of thiazole rings is 1. The van der Waals surface area contributed by atoms with Gasteiger partial charge in [0.2, 0.25) is 0 Å². The molecule has 6 heteroatoms. The maximum absolute atomic E-state index is 12.4. The van der Waals surface area contributed by atoms with Crippen LogP contribution in [0.15, 0.2) is 18.2 Å². The Morgan fingerprint density at radius 3 is 2.92 bits per heavy atom. The van der Waals surface area contributed by atoms with E-state index in [2.05, 4.69) is 15.6 Å². The van der Waals surface area contributed by atoms with E-state index < -0.39 is 0 Å². The van der Waals surface area contributed by atoms with E-state index >= 15 is 0 Å². The van der Waals surface area contributed by atoms with Crippen molar-refractivity contribution in [3.63, 3.8) is 0 Å². The molecule has 1 aliphatic carbocycles. The van der Waals surface area contributed by atoms with E-state index in [1.165, 1.54) is 12.8 Å². The number of carbonyl (C=O) groups excluding carboxylic acids is 1. The van der Waals surface area contributed by atoms with Gasteiger partial charge in [-0.05, 0) is 44.0 Å². The van der Waals surface area contributed by atoms with Crippen molar-refractivity contribution in [2.75, 3.05) is 13.1 Å². The maximum atomic E-state index is 12.4. The summed E-state index contributed by atoms with van der Waals surface area (Å²) in [7, 11) is 0. The van der Waals surface area contributed by atoms with Gasteiger partial charge in [-0.3, -0.25) is 4.79 Å². The first-order chi connectivity index (χ1) is 11.7. The standard InChI is InChI=1S/C18H23N3O2S/c22-15-10-19-8-7-13(15)18-21-14-6-5-11(9-16(14)24-18)17(23)20-12-3-1-2-4-12/h5-6,9,12-13,15,19,22H,1-4,7-8,10H2,(H,20,23). The predicted octanol–water partition coefficient (Wildman–Crippen LogP) is 2.41. The van der Waals surface area contributed by atoms with E-state index in [0.717, 1.165) is 41.0 Å². The van der Waals surface area contributed by atoms with Gasteiger partial charge in [0.05, 0.1) is 21.3 Å². The minimum Gasteiger partial charge on any atom is -0.391 e. The first kappa shape index (κ1) is 16.0. The highest BCUT2D eigenvalue weighted by atomic mass is 32.1. The fourth-order valence-corrected chi connectivity index (χ4v) is 4.91. The van der Waals surface area contributed by atoms with Gasteiger partial charge in [0.25, 0.3) is 5.91 Å². The molecule has 0 radical (unpaired) electrons. The second kappa shape index (κ2) is 6.78. The molecule has 5 nitrogen and oxygen atoms in total. The molecule has 2 aliphatic rings. The molecule has 2 aromatic rings. The van der Waals surface area contributed by atoms with Crippen LogP contribution in [0.5, 0.6) is 0 Å².